The SMILES string of the molecule is CCNCc1ccnc(N2CCC(C)C2)c1. The van der Waals surface area contributed by atoms with Gasteiger partial charge in [0.15, 0.2) is 0 Å². The average Bonchev–Trinajstić information content (AvgIpc) is 2.74. The predicted molar refractivity (Wildman–Crippen MR) is 67.6 cm³/mol. The minimum absolute atomic E-state index is 0.805. The van der Waals surface area contributed by atoms with E-state index >= 15 is 0 Å². The van der Waals surface area contributed by atoms with Crippen LogP contribution in [-0.4, -0.2) is 24.6 Å². The molecule has 1 aliphatic rings. The van der Waals surface area contributed by atoms with Crippen LogP contribution >= 0.6 is 0 Å². The van der Waals surface area contributed by atoms with Crippen LogP contribution in [0.1, 0.15) is 25.8 Å². The zero-order valence-electron chi connectivity index (χ0n) is 10.2. The molecule has 3 nitrogen and oxygen atoms in total. The van der Waals surface area contributed by atoms with Crippen LogP contribution in [0.2, 0.25) is 0 Å². The minimum atomic E-state index is 0.805. The van der Waals surface area contributed by atoms with E-state index in [4.69, 9.17) is 0 Å². The van der Waals surface area contributed by atoms with E-state index in [9.17, 15) is 0 Å². The molecule has 88 valence electrons. The van der Waals surface area contributed by atoms with Gasteiger partial charge in [0.05, 0.1) is 0 Å². The summed E-state index contributed by atoms with van der Waals surface area (Å²) >= 11 is 0. The van der Waals surface area contributed by atoms with Crippen LogP contribution in [0.3, 0.4) is 0 Å². The Morgan fingerprint density at radius 2 is 2.44 bits per heavy atom. The van der Waals surface area contributed by atoms with Gasteiger partial charge in [-0.3, -0.25) is 0 Å². The molecule has 1 saturated heterocycles. The summed E-state index contributed by atoms with van der Waals surface area (Å²) in [7, 11) is 0. The van der Waals surface area contributed by atoms with Gasteiger partial charge in [0.2, 0.25) is 0 Å². The van der Waals surface area contributed by atoms with Crippen molar-refractivity contribution in [2.24, 2.45) is 5.92 Å². The van der Waals surface area contributed by atoms with Gasteiger partial charge in [0, 0.05) is 25.8 Å². The largest absolute Gasteiger partial charge is 0.356 e. The Morgan fingerprint density at radius 1 is 1.56 bits per heavy atom. The highest BCUT2D eigenvalue weighted by molar-refractivity contribution is 5.42. The van der Waals surface area contributed by atoms with Crippen molar-refractivity contribution in [1.29, 1.82) is 0 Å². The first-order valence-electron chi connectivity index (χ1n) is 6.20. The average molecular weight is 219 g/mol. The number of rotatable bonds is 4. The Bertz CT molecular complexity index is 338. The zero-order chi connectivity index (χ0) is 11.4. The summed E-state index contributed by atoms with van der Waals surface area (Å²) in [6.07, 6.45) is 3.21. The van der Waals surface area contributed by atoms with E-state index in [1.54, 1.807) is 0 Å². The van der Waals surface area contributed by atoms with Gasteiger partial charge in [-0.15, -0.1) is 0 Å². The van der Waals surface area contributed by atoms with Gasteiger partial charge in [-0.2, -0.15) is 0 Å². The van der Waals surface area contributed by atoms with Crippen LogP contribution in [0.5, 0.6) is 0 Å². The predicted octanol–water partition coefficient (Wildman–Crippen LogP) is 2.04. The minimum Gasteiger partial charge on any atom is -0.356 e. The van der Waals surface area contributed by atoms with Gasteiger partial charge < -0.3 is 10.2 Å². The molecule has 16 heavy (non-hydrogen) atoms. The normalized spacial score (nSPS) is 20.4. The summed E-state index contributed by atoms with van der Waals surface area (Å²) in [5, 5.41) is 3.34. The lowest BCUT2D eigenvalue weighted by molar-refractivity contribution is 0.658. The first-order valence-corrected chi connectivity index (χ1v) is 6.20. The van der Waals surface area contributed by atoms with Crippen LogP contribution in [0.15, 0.2) is 18.3 Å². The van der Waals surface area contributed by atoms with Crippen LogP contribution in [0.25, 0.3) is 0 Å². The van der Waals surface area contributed by atoms with E-state index in [0.29, 0.717) is 0 Å². The molecule has 2 rings (SSSR count). The van der Waals surface area contributed by atoms with E-state index in [-0.39, 0.29) is 0 Å². The second-order valence-corrected chi connectivity index (χ2v) is 4.64. The van der Waals surface area contributed by atoms with Crippen molar-refractivity contribution in [2.45, 2.75) is 26.8 Å². The Labute approximate surface area is 97.9 Å². The molecule has 1 aromatic heterocycles. The van der Waals surface area contributed by atoms with Crippen molar-refractivity contribution < 1.29 is 0 Å². The van der Waals surface area contributed by atoms with Crippen molar-refractivity contribution in [2.75, 3.05) is 24.5 Å². The molecule has 1 unspecified atom stereocenters. The van der Waals surface area contributed by atoms with Gasteiger partial charge >= 0.3 is 0 Å². The quantitative estimate of drug-likeness (QED) is 0.840. The molecular formula is C13H21N3. The Hall–Kier alpha value is -1.09. The van der Waals surface area contributed by atoms with Crippen LogP contribution < -0.4 is 10.2 Å². The van der Waals surface area contributed by atoms with Gasteiger partial charge in [-0.05, 0) is 36.6 Å². The Balaban J connectivity index is 2.04. The van der Waals surface area contributed by atoms with Gasteiger partial charge in [0.1, 0.15) is 5.82 Å². The molecule has 2 heterocycles. The molecule has 0 aromatic carbocycles. The standard InChI is InChI=1S/C13H21N3/c1-3-14-9-12-4-6-15-13(8-12)16-7-5-11(2)10-16/h4,6,8,11,14H,3,5,7,9-10H2,1-2H3. The molecule has 0 amide bonds. The molecule has 0 radical (unpaired) electrons. The summed E-state index contributed by atoms with van der Waals surface area (Å²) < 4.78 is 0. The fourth-order valence-electron chi connectivity index (χ4n) is 2.16. The molecule has 0 bridgehead atoms. The van der Waals surface area contributed by atoms with Crippen molar-refractivity contribution in [1.82, 2.24) is 10.3 Å². The number of pyridine rings is 1. The first kappa shape index (κ1) is 11.4. The second-order valence-electron chi connectivity index (χ2n) is 4.64. The fourth-order valence-corrected chi connectivity index (χ4v) is 2.16. The maximum atomic E-state index is 4.46. The van der Waals surface area contributed by atoms with E-state index in [0.717, 1.165) is 37.9 Å². The maximum absolute atomic E-state index is 4.46. The third-order valence-corrected chi connectivity index (χ3v) is 3.14. The second kappa shape index (κ2) is 5.30. The first-order chi connectivity index (χ1) is 7.79. The number of nitrogens with one attached hydrogen (secondary N) is 1. The molecule has 1 N–H and O–H groups in total. The Kier molecular flexibility index (Phi) is 3.78. The van der Waals surface area contributed by atoms with E-state index in [1.165, 1.54) is 12.0 Å². The molecule has 1 aromatic rings. The monoisotopic (exact) mass is 219 g/mol. The van der Waals surface area contributed by atoms with Gasteiger partial charge in [0.25, 0.3) is 0 Å². The molecule has 0 aliphatic carbocycles. The van der Waals surface area contributed by atoms with Crippen LogP contribution in [0, 0.1) is 5.92 Å². The van der Waals surface area contributed by atoms with Gasteiger partial charge in [-0.25, -0.2) is 4.98 Å². The smallest absolute Gasteiger partial charge is 0.128 e. The Morgan fingerprint density at radius 3 is 3.12 bits per heavy atom. The van der Waals surface area contributed by atoms with Crippen molar-refractivity contribution in [3.8, 4) is 0 Å². The number of anilines is 1. The van der Waals surface area contributed by atoms with Gasteiger partial charge in [-0.1, -0.05) is 13.8 Å². The molecular weight excluding hydrogens is 198 g/mol. The topological polar surface area (TPSA) is 28.2 Å². The molecule has 0 spiro atoms. The summed E-state index contributed by atoms with van der Waals surface area (Å²) in [5.41, 5.74) is 1.33. The number of nitrogens with zero attached hydrogens (tertiary/aromatic N) is 2. The fraction of sp³-hybridized carbons (Fsp3) is 0.615. The van der Waals surface area contributed by atoms with Crippen molar-refractivity contribution in [3.63, 3.8) is 0 Å². The number of hydrogen-bond donors (Lipinski definition) is 1. The van der Waals surface area contributed by atoms with E-state index in [2.05, 4.69) is 41.2 Å². The van der Waals surface area contributed by atoms with E-state index < -0.39 is 0 Å². The highest BCUT2D eigenvalue weighted by Crippen LogP contribution is 2.21. The molecule has 0 saturated carbocycles. The summed E-state index contributed by atoms with van der Waals surface area (Å²) in [6.45, 7) is 8.69. The lowest BCUT2D eigenvalue weighted by Crippen LogP contribution is -2.20. The lowest BCUT2D eigenvalue weighted by Gasteiger charge is -2.17. The molecule has 1 aliphatic heterocycles. The zero-order valence-corrected chi connectivity index (χ0v) is 10.2. The number of hydrogen-bond acceptors (Lipinski definition) is 3. The molecule has 3 heteroatoms. The highest BCUT2D eigenvalue weighted by Gasteiger charge is 2.19. The lowest BCUT2D eigenvalue weighted by atomic mass is 10.2. The van der Waals surface area contributed by atoms with Crippen LogP contribution in [0.4, 0.5) is 5.82 Å². The summed E-state index contributed by atoms with van der Waals surface area (Å²) in [6, 6.07) is 4.30. The number of aromatic nitrogens is 1. The summed E-state index contributed by atoms with van der Waals surface area (Å²) in [4.78, 5) is 6.85. The van der Waals surface area contributed by atoms with Crippen molar-refractivity contribution in [3.05, 3.63) is 23.9 Å². The van der Waals surface area contributed by atoms with E-state index in [1.807, 2.05) is 6.20 Å². The van der Waals surface area contributed by atoms with Crippen LogP contribution in [-0.2, 0) is 6.54 Å². The summed E-state index contributed by atoms with van der Waals surface area (Å²) in [5.74, 6) is 1.94. The highest BCUT2D eigenvalue weighted by atomic mass is 15.2. The molecule has 1 atom stereocenters. The third-order valence-electron chi connectivity index (χ3n) is 3.14. The third kappa shape index (κ3) is 2.73. The maximum Gasteiger partial charge on any atom is 0.128 e. The molecule has 1 fully saturated rings. The van der Waals surface area contributed by atoms with Crippen molar-refractivity contribution >= 4 is 5.82 Å².